The standard InChI is InChI=1S/C84H160O17P2/c1-8-11-12-13-14-15-16-17-22-26-31-36-44-51-58-65-81(86)94-71-79(100-83(88)67-60-53-46-37-32-27-24-21-19-18-20-23-25-30-35-42-49-56-63-76(6)9-2)73-98-102(90,91)96-69-78(85)70-97-103(92,93)99-74-80(72-95-82(87)66-59-52-45-40-39-43-50-57-64-77(7)10-3)101-84(89)68-61-54-47-38-33-28-29-34-41-48-55-62-75(4)5/h15-17,22,75-80,85H,8-14,18-21,23-74H2,1-7H3,(H,90,91)(H,92,93)/b16-15-,22-17-/t76?,77?,78-,79-,80-/m1/s1. The molecule has 0 radical (unpaired) electrons. The third kappa shape index (κ3) is 74.8. The van der Waals surface area contributed by atoms with Gasteiger partial charge in [-0.3, -0.25) is 37.3 Å². The zero-order valence-electron chi connectivity index (χ0n) is 67.3. The zero-order valence-corrected chi connectivity index (χ0v) is 69.1. The molecule has 4 unspecified atom stereocenters. The minimum Gasteiger partial charge on any atom is -0.462 e. The quantitative estimate of drug-likeness (QED) is 0.0169. The van der Waals surface area contributed by atoms with Gasteiger partial charge in [-0.05, 0) is 69.1 Å². The lowest BCUT2D eigenvalue weighted by Crippen LogP contribution is -2.30. The van der Waals surface area contributed by atoms with Gasteiger partial charge < -0.3 is 33.8 Å². The molecular weight excluding hydrogens is 1340 g/mol. The summed E-state index contributed by atoms with van der Waals surface area (Å²) in [4.78, 5) is 73.1. The van der Waals surface area contributed by atoms with Crippen molar-refractivity contribution in [2.45, 2.75) is 433 Å². The summed E-state index contributed by atoms with van der Waals surface area (Å²) in [5.41, 5.74) is 0. The van der Waals surface area contributed by atoms with E-state index in [2.05, 4.69) is 72.8 Å². The molecular formula is C84H160O17P2. The van der Waals surface area contributed by atoms with Crippen LogP contribution in [0.5, 0.6) is 0 Å². The summed E-state index contributed by atoms with van der Waals surface area (Å²) >= 11 is 0. The molecule has 0 saturated carbocycles. The number of rotatable bonds is 80. The molecule has 0 rings (SSSR count). The number of esters is 4. The van der Waals surface area contributed by atoms with Gasteiger partial charge in [0.1, 0.15) is 19.3 Å². The summed E-state index contributed by atoms with van der Waals surface area (Å²) in [6.07, 6.45) is 65.9. The van der Waals surface area contributed by atoms with Crippen molar-refractivity contribution in [3.05, 3.63) is 24.3 Å². The van der Waals surface area contributed by atoms with E-state index in [0.717, 1.165) is 127 Å². The Morgan fingerprint density at radius 1 is 0.320 bits per heavy atom. The van der Waals surface area contributed by atoms with E-state index in [-0.39, 0.29) is 25.7 Å². The lowest BCUT2D eigenvalue weighted by molar-refractivity contribution is -0.161. The van der Waals surface area contributed by atoms with Crippen LogP contribution in [0.15, 0.2) is 24.3 Å². The highest BCUT2D eigenvalue weighted by Crippen LogP contribution is 2.45. The van der Waals surface area contributed by atoms with Crippen molar-refractivity contribution in [3.8, 4) is 0 Å². The van der Waals surface area contributed by atoms with Crippen molar-refractivity contribution >= 4 is 39.5 Å². The van der Waals surface area contributed by atoms with Crippen molar-refractivity contribution < 1.29 is 80.2 Å². The van der Waals surface area contributed by atoms with Gasteiger partial charge in [-0.2, -0.15) is 0 Å². The number of allylic oxidation sites excluding steroid dienone is 4. The summed E-state index contributed by atoms with van der Waals surface area (Å²) in [6, 6.07) is 0. The fraction of sp³-hybridized carbons (Fsp3) is 0.905. The predicted molar refractivity (Wildman–Crippen MR) is 423 cm³/mol. The number of carbonyl (C=O) groups is 4. The minimum atomic E-state index is -4.97. The zero-order chi connectivity index (χ0) is 75.8. The number of phosphoric ester groups is 2. The first-order valence-corrected chi connectivity index (χ1v) is 45.7. The highest BCUT2D eigenvalue weighted by Gasteiger charge is 2.30. The molecule has 608 valence electrons. The van der Waals surface area contributed by atoms with Crippen molar-refractivity contribution in [2.24, 2.45) is 17.8 Å². The number of carbonyl (C=O) groups excluding carboxylic acids is 4. The molecule has 0 aliphatic carbocycles. The monoisotopic (exact) mass is 1500 g/mol. The molecule has 7 atom stereocenters. The average Bonchev–Trinajstić information content (AvgIpc) is 0.914. The maximum Gasteiger partial charge on any atom is 0.472 e. The van der Waals surface area contributed by atoms with E-state index in [0.29, 0.717) is 25.7 Å². The van der Waals surface area contributed by atoms with Crippen LogP contribution in [0, 0.1) is 17.8 Å². The van der Waals surface area contributed by atoms with Crippen LogP contribution in [0.4, 0.5) is 0 Å². The maximum atomic E-state index is 13.1. The van der Waals surface area contributed by atoms with E-state index in [4.69, 9.17) is 37.0 Å². The second-order valence-corrected chi connectivity index (χ2v) is 33.4. The smallest absolute Gasteiger partial charge is 0.462 e. The Balaban J connectivity index is 5.27. The summed E-state index contributed by atoms with van der Waals surface area (Å²) in [5.74, 6) is 0.271. The van der Waals surface area contributed by atoms with E-state index in [1.165, 1.54) is 205 Å². The highest BCUT2D eigenvalue weighted by atomic mass is 31.2. The molecule has 3 N–H and O–H groups in total. The number of unbranched alkanes of at least 4 members (excludes halogenated alkanes) is 43. The van der Waals surface area contributed by atoms with Crippen molar-refractivity contribution in [1.82, 2.24) is 0 Å². The summed E-state index contributed by atoms with van der Waals surface area (Å²) in [5, 5.41) is 10.7. The molecule has 0 spiro atoms. The molecule has 0 aliphatic rings. The topological polar surface area (TPSA) is 237 Å². The highest BCUT2D eigenvalue weighted by molar-refractivity contribution is 7.47. The number of phosphoric acid groups is 2. The number of aliphatic hydroxyl groups is 1. The Labute approximate surface area is 631 Å². The fourth-order valence-corrected chi connectivity index (χ4v) is 14.0. The number of hydrogen-bond donors (Lipinski definition) is 3. The number of aliphatic hydroxyl groups excluding tert-OH is 1. The van der Waals surface area contributed by atoms with Crippen LogP contribution in [-0.4, -0.2) is 96.7 Å². The van der Waals surface area contributed by atoms with Gasteiger partial charge >= 0.3 is 39.5 Å². The largest absolute Gasteiger partial charge is 0.472 e. The van der Waals surface area contributed by atoms with Gasteiger partial charge in [0.05, 0.1) is 26.4 Å². The lowest BCUT2D eigenvalue weighted by Gasteiger charge is -2.21. The third-order valence-electron chi connectivity index (χ3n) is 19.7. The van der Waals surface area contributed by atoms with Gasteiger partial charge in [-0.1, -0.05) is 362 Å². The molecule has 0 amide bonds. The summed E-state index contributed by atoms with van der Waals surface area (Å²) < 4.78 is 68.8. The molecule has 103 heavy (non-hydrogen) atoms. The molecule has 0 heterocycles. The van der Waals surface area contributed by atoms with E-state index in [1.54, 1.807) is 0 Å². The molecule has 0 aromatic carbocycles. The minimum absolute atomic E-state index is 0.101. The summed E-state index contributed by atoms with van der Waals surface area (Å²) in [6.45, 7) is 12.0. The van der Waals surface area contributed by atoms with Gasteiger partial charge in [0.15, 0.2) is 12.2 Å². The van der Waals surface area contributed by atoms with E-state index < -0.39 is 97.5 Å². The van der Waals surface area contributed by atoms with Gasteiger partial charge in [0, 0.05) is 25.7 Å². The molecule has 0 aliphatic heterocycles. The van der Waals surface area contributed by atoms with Gasteiger partial charge in [0.25, 0.3) is 0 Å². The van der Waals surface area contributed by atoms with Crippen LogP contribution < -0.4 is 0 Å². The Hall–Kier alpha value is -2.46. The van der Waals surface area contributed by atoms with Gasteiger partial charge in [0.2, 0.25) is 0 Å². The van der Waals surface area contributed by atoms with Crippen LogP contribution in [0.1, 0.15) is 414 Å². The van der Waals surface area contributed by atoms with E-state index in [9.17, 15) is 43.2 Å². The van der Waals surface area contributed by atoms with Crippen LogP contribution in [-0.2, 0) is 65.4 Å². The van der Waals surface area contributed by atoms with Crippen molar-refractivity contribution in [3.63, 3.8) is 0 Å². The SMILES string of the molecule is CCCCCC/C=C\C=C/CCCCCCCC(=O)OC[C@H](COP(=O)(O)OC[C@@H](O)COP(=O)(O)OC[C@@H](COC(=O)CCCCCCCCCCC(C)CC)OC(=O)CCCCCCCCCCCCCC(C)C)OC(=O)CCCCCCCCCCCCCCCCCCCCC(C)CC. The van der Waals surface area contributed by atoms with E-state index in [1.807, 2.05) is 0 Å². The fourth-order valence-electron chi connectivity index (χ4n) is 12.4. The van der Waals surface area contributed by atoms with Crippen LogP contribution in [0.2, 0.25) is 0 Å². The number of ether oxygens (including phenoxy) is 4. The Morgan fingerprint density at radius 2 is 0.573 bits per heavy atom. The van der Waals surface area contributed by atoms with Crippen LogP contribution >= 0.6 is 15.6 Å². The summed E-state index contributed by atoms with van der Waals surface area (Å²) in [7, 11) is -9.94. The maximum absolute atomic E-state index is 13.1. The van der Waals surface area contributed by atoms with Gasteiger partial charge in [-0.15, -0.1) is 0 Å². The van der Waals surface area contributed by atoms with Crippen molar-refractivity contribution in [1.29, 1.82) is 0 Å². The van der Waals surface area contributed by atoms with Crippen LogP contribution in [0.3, 0.4) is 0 Å². The third-order valence-corrected chi connectivity index (χ3v) is 21.6. The predicted octanol–water partition coefficient (Wildman–Crippen LogP) is 24.9. The molecule has 19 heteroatoms. The first-order valence-electron chi connectivity index (χ1n) is 42.7. The average molecular weight is 1500 g/mol. The lowest BCUT2D eigenvalue weighted by atomic mass is 9.99. The molecule has 0 aromatic rings. The second kappa shape index (κ2) is 73.7. The molecule has 0 fully saturated rings. The Morgan fingerprint density at radius 3 is 0.864 bits per heavy atom. The normalized spacial score (nSPS) is 14.6. The molecule has 0 bridgehead atoms. The number of hydrogen-bond acceptors (Lipinski definition) is 15. The van der Waals surface area contributed by atoms with Crippen LogP contribution in [0.25, 0.3) is 0 Å². The van der Waals surface area contributed by atoms with Crippen molar-refractivity contribution in [2.75, 3.05) is 39.6 Å². The van der Waals surface area contributed by atoms with Gasteiger partial charge in [-0.25, -0.2) is 9.13 Å². The van der Waals surface area contributed by atoms with E-state index >= 15 is 0 Å². The Kier molecular flexibility index (Phi) is 71.9. The molecule has 0 aromatic heterocycles. The second-order valence-electron chi connectivity index (χ2n) is 30.5. The molecule has 0 saturated heterocycles. The molecule has 17 nitrogen and oxygen atoms in total. The first kappa shape index (κ1) is 101. The first-order chi connectivity index (χ1) is 49.8. The Bertz CT molecular complexity index is 2090.